The summed E-state index contributed by atoms with van der Waals surface area (Å²) in [6.45, 7) is 18.8. The fourth-order valence-electron chi connectivity index (χ4n) is 9.83. The Bertz CT molecular complexity index is 996. The summed E-state index contributed by atoms with van der Waals surface area (Å²) >= 11 is 0. The monoisotopic (exact) mass is 541 g/mol. The van der Waals surface area contributed by atoms with E-state index in [0.29, 0.717) is 30.1 Å². The van der Waals surface area contributed by atoms with E-state index in [1.165, 1.54) is 51.4 Å². The van der Waals surface area contributed by atoms with E-state index in [2.05, 4.69) is 27.7 Å². The van der Waals surface area contributed by atoms with Crippen molar-refractivity contribution in [2.45, 2.75) is 144 Å². The lowest BCUT2D eigenvalue weighted by molar-refractivity contribution is -0.211. The number of hydrogen-bond acceptors (Lipinski definition) is 4. The molecule has 0 aromatic heterocycles. The van der Waals surface area contributed by atoms with Crippen molar-refractivity contribution in [3.63, 3.8) is 0 Å². The third-order valence-electron chi connectivity index (χ3n) is 13.5. The Hall–Kier alpha value is -1.39. The summed E-state index contributed by atoms with van der Waals surface area (Å²) in [5.41, 5.74) is -1.02. The Morgan fingerprint density at radius 3 is 1.74 bits per heavy atom. The number of hydrogen-bond donors (Lipinski definition) is 0. The number of amides is 2. The molecule has 6 saturated carbocycles. The molecule has 3 unspecified atom stereocenters. The highest BCUT2D eigenvalue weighted by atomic mass is 16.6. The van der Waals surface area contributed by atoms with Gasteiger partial charge in [0.25, 0.3) is 0 Å². The van der Waals surface area contributed by atoms with Crippen molar-refractivity contribution in [3.8, 4) is 0 Å². The van der Waals surface area contributed by atoms with Crippen LogP contribution in [0.15, 0.2) is 0 Å². The third-order valence-corrected chi connectivity index (χ3v) is 13.5. The zero-order chi connectivity index (χ0) is 28.8. The number of imide groups is 1. The standard InChI is InChI=1S/C17H27NO2.C17H28O2/c1-6-15(2,3)14(20)18-13(19)10-17(18)12-8-7-11(9-12)16(17,4)5;1-5-16(2,3)15(18)19-17(4)13-7-11-6-12(9-13)10-14(17)8-11/h11-12H,6-10H2,1-5H3;11-14H,5-10H2,1-4H3. The van der Waals surface area contributed by atoms with E-state index in [9.17, 15) is 14.4 Å². The van der Waals surface area contributed by atoms with Crippen molar-refractivity contribution in [1.82, 2.24) is 4.90 Å². The summed E-state index contributed by atoms with van der Waals surface area (Å²) in [5, 5.41) is 0. The quantitative estimate of drug-likeness (QED) is 0.266. The van der Waals surface area contributed by atoms with Gasteiger partial charge in [-0.05, 0) is 126 Å². The van der Waals surface area contributed by atoms with E-state index in [1.54, 1.807) is 4.90 Å². The predicted octanol–water partition coefficient (Wildman–Crippen LogP) is 7.56. The van der Waals surface area contributed by atoms with Gasteiger partial charge in [0.05, 0.1) is 17.4 Å². The minimum absolute atomic E-state index is 0.0185. The maximum Gasteiger partial charge on any atom is 0.312 e. The Kier molecular flexibility index (Phi) is 6.95. The molecule has 7 rings (SSSR count). The predicted molar refractivity (Wildman–Crippen MR) is 153 cm³/mol. The van der Waals surface area contributed by atoms with E-state index < -0.39 is 5.41 Å². The van der Waals surface area contributed by atoms with Crippen LogP contribution in [-0.4, -0.2) is 33.8 Å². The SMILES string of the molecule is CCC(C)(C)C(=O)N1C(=O)CC12C1CCC(C1)C2(C)C.CCC(C)(C)C(=O)OC1(C)C2CC3CC(C2)CC1C3. The van der Waals surface area contributed by atoms with E-state index in [4.69, 9.17) is 4.74 Å². The molecular weight excluding hydrogens is 486 g/mol. The van der Waals surface area contributed by atoms with Crippen molar-refractivity contribution in [2.75, 3.05) is 0 Å². The van der Waals surface area contributed by atoms with Gasteiger partial charge in [-0.15, -0.1) is 0 Å². The molecule has 2 amide bonds. The molecule has 3 atom stereocenters. The lowest BCUT2D eigenvalue weighted by Gasteiger charge is -2.62. The van der Waals surface area contributed by atoms with Crippen LogP contribution in [0, 0.1) is 51.8 Å². The largest absolute Gasteiger partial charge is 0.458 e. The number of fused-ring (bicyclic) bond motifs is 3. The van der Waals surface area contributed by atoms with Crippen LogP contribution in [0.4, 0.5) is 0 Å². The molecule has 1 aliphatic heterocycles. The van der Waals surface area contributed by atoms with Crippen LogP contribution in [0.1, 0.15) is 133 Å². The number of carbonyl (C=O) groups is 3. The van der Waals surface area contributed by atoms with Crippen molar-refractivity contribution in [3.05, 3.63) is 0 Å². The van der Waals surface area contributed by atoms with Crippen molar-refractivity contribution in [1.29, 1.82) is 0 Å². The lowest BCUT2D eigenvalue weighted by atomic mass is 9.50. The molecule has 1 saturated heterocycles. The van der Waals surface area contributed by atoms with Gasteiger partial charge in [0.1, 0.15) is 5.60 Å². The Labute approximate surface area is 237 Å². The zero-order valence-electron chi connectivity index (χ0n) is 26.3. The first-order valence-electron chi connectivity index (χ1n) is 16.1. The summed E-state index contributed by atoms with van der Waals surface area (Å²) in [6.07, 6.45) is 12.5. The van der Waals surface area contributed by atoms with E-state index in [1.807, 2.05) is 34.6 Å². The fraction of sp³-hybridized carbons (Fsp3) is 0.912. The van der Waals surface area contributed by atoms with Crippen LogP contribution in [0.3, 0.4) is 0 Å². The van der Waals surface area contributed by atoms with Gasteiger partial charge >= 0.3 is 5.97 Å². The molecular formula is C34H55NO4. The average Bonchev–Trinajstić information content (AvgIpc) is 3.43. The molecule has 0 aromatic rings. The van der Waals surface area contributed by atoms with Gasteiger partial charge in [-0.25, -0.2) is 0 Å². The zero-order valence-corrected chi connectivity index (χ0v) is 26.3. The molecule has 6 aliphatic carbocycles. The number of likely N-dealkylation sites (tertiary alicyclic amines) is 1. The molecule has 1 heterocycles. The number of β-lactam (4-membered cyclic amide) rings is 1. The average molecular weight is 542 g/mol. The van der Waals surface area contributed by atoms with E-state index >= 15 is 0 Å². The van der Waals surface area contributed by atoms with Gasteiger partial charge in [0.15, 0.2) is 0 Å². The first kappa shape index (κ1) is 29.1. The number of rotatable bonds is 5. The van der Waals surface area contributed by atoms with Crippen LogP contribution >= 0.6 is 0 Å². The maximum atomic E-state index is 12.9. The molecule has 0 N–H and O–H groups in total. The minimum atomic E-state index is -0.430. The molecule has 39 heavy (non-hydrogen) atoms. The third kappa shape index (κ3) is 4.17. The number of ether oxygens (including phenoxy) is 1. The number of carbonyl (C=O) groups excluding carboxylic acids is 3. The summed E-state index contributed by atoms with van der Waals surface area (Å²) in [5.74, 6) is 4.44. The van der Waals surface area contributed by atoms with Crippen LogP contribution in [-0.2, 0) is 19.1 Å². The highest BCUT2D eigenvalue weighted by Gasteiger charge is 2.73. The van der Waals surface area contributed by atoms with Crippen molar-refractivity contribution < 1.29 is 19.1 Å². The molecule has 220 valence electrons. The first-order valence-corrected chi connectivity index (χ1v) is 16.1. The second kappa shape index (κ2) is 9.31. The van der Waals surface area contributed by atoms with Gasteiger partial charge in [0.2, 0.25) is 11.8 Å². The lowest BCUT2D eigenvalue weighted by Crippen LogP contribution is -2.75. The second-order valence-corrected chi connectivity index (χ2v) is 16.4. The molecule has 6 bridgehead atoms. The van der Waals surface area contributed by atoms with Gasteiger partial charge in [-0.1, -0.05) is 41.5 Å². The first-order chi connectivity index (χ1) is 18.0. The summed E-state index contributed by atoms with van der Waals surface area (Å²) in [6, 6.07) is 0. The molecule has 5 heteroatoms. The molecule has 5 nitrogen and oxygen atoms in total. The molecule has 7 aliphatic rings. The van der Waals surface area contributed by atoms with Crippen molar-refractivity contribution >= 4 is 17.8 Å². The Morgan fingerprint density at radius 1 is 0.795 bits per heavy atom. The van der Waals surface area contributed by atoms with Crippen molar-refractivity contribution in [2.24, 2.45) is 51.8 Å². The summed E-state index contributed by atoms with van der Waals surface area (Å²) in [4.78, 5) is 39.3. The van der Waals surface area contributed by atoms with E-state index in [-0.39, 0.29) is 39.8 Å². The second-order valence-electron chi connectivity index (χ2n) is 16.4. The van der Waals surface area contributed by atoms with E-state index in [0.717, 1.165) is 24.7 Å². The van der Waals surface area contributed by atoms with Crippen LogP contribution in [0.2, 0.25) is 0 Å². The number of nitrogens with zero attached hydrogens (tertiary/aromatic N) is 1. The van der Waals surface area contributed by atoms with Crippen LogP contribution in [0.5, 0.6) is 0 Å². The van der Waals surface area contributed by atoms with Gasteiger partial charge in [-0.3, -0.25) is 19.3 Å². The topological polar surface area (TPSA) is 63.7 Å². The Balaban J connectivity index is 0.000000158. The highest BCUT2D eigenvalue weighted by molar-refractivity contribution is 6.04. The van der Waals surface area contributed by atoms with Crippen LogP contribution in [0.25, 0.3) is 0 Å². The summed E-state index contributed by atoms with van der Waals surface area (Å²) in [7, 11) is 0. The fourth-order valence-corrected chi connectivity index (χ4v) is 9.83. The van der Waals surface area contributed by atoms with Gasteiger partial charge in [0, 0.05) is 5.41 Å². The molecule has 0 radical (unpaired) electrons. The van der Waals surface area contributed by atoms with Crippen LogP contribution < -0.4 is 0 Å². The minimum Gasteiger partial charge on any atom is -0.458 e. The normalized spacial score (nSPS) is 41.4. The highest BCUT2D eigenvalue weighted by Crippen LogP contribution is 2.68. The summed E-state index contributed by atoms with van der Waals surface area (Å²) < 4.78 is 6.13. The van der Waals surface area contributed by atoms with Gasteiger partial charge < -0.3 is 4.74 Å². The number of esters is 1. The molecule has 1 spiro atoms. The Morgan fingerprint density at radius 2 is 1.31 bits per heavy atom. The molecule has 0 aromatic carbocycles. The van der Waals surface area contributed by atoms with Gasteiger partial charge in [-0.2, -0.15) is 0 Å². The molecule has 7 fully saturated rings. The smallest absolute Gasteiger partial charge is 0.312 e. The maximum absolute atomic E-state index is 12.9.